The van der Waals surface area contributed by atoms with Crippen molar-refractivity contribution in [1.29, 1.82) is 0 Å². The number of carbonyl (C=O) groups is 1. The summed E-state index contributed by atoms with van der Waals surface area (Å²) in [6.45, 7) is 2.04. The number of aryl methyl sites for hydroxylation is 1. The highest BCUT2D eigenvalue weighted by atomic mass is 35.5. The summed E-state index contributed by atoms with van der Waals surface area (Å²) in [5.74, 6) is -0.341. The fourth-order valence-corrected chi connectivity index (χ4v) is 2.77. The van der Waals surface area contributed by atoms with Gasteiger partial charge in [-0.2, -0.15) is 0 Å². The van der Waals surface area contributed by atoms with Crippen LogP contribution in [0.5, 0.6) is 0 Å². The molecule has 4 nitrogen and oxygen atoms in total. The van der Waals surface area contributed by atoms with E-state index in [-0.39, 0.29) is 17.3 Å². The van der Waals surface area contributed by atoms with Gasteiger partial charge in [-0.3, -0.25) is 4.79 Å². The summed E-state index contributed by atoms with van der Waals surface area (Å²) >= 11 is 5.78. The number of hydrogen-bond donors (Lipinski definition) is 0. The minimum atomic E-state index is -3.35. The maximum Gasteiger partial charge on any atom is 0.306 e. The second kappa shape index (κ2) is 6.20. The lowest BCUT2D eigenvalue weighted by Crippen LogP contribution is -2.08. The molecule has 0 aliphatic heterocycles. The average Bonchev–Trinajstić information content (AvgIpc) is 2.26. The van der Waals surface area contributed by atoms with Crippen molar-refractivity contribution in [2.75, 3.05) is 12.9 Å². The Morgan fingerprint density at radius 1 is 1.39 bits per heavy atom. The molecule has 0 amide bonds. The van der Waals surface area contributed by atoms with Crippen molar-refractivity contribution in [1.82, 2.24) is 0 Å². The van der Waals surface area contributed by atoms with Gasteiger partial charge in [0, 0.05) is 17.7 Å². The lowest BCUT2D eigenvalue weighted by Gasteiger charge is -2.08. The van der Waals surface area contributed by atoms with Crippen LogP contribution in [0.15, 0.2) is 23.1 Å². The molecule has 0 heterocycles. The SMILES string of the molecule is CCOC(=O)CCc1ccc(Cl)cc1S(C)(=O)=O. The molecule has 0 atom stereocenters. The zero-order chi connectivity index (χ0) is 13.8. The van der Waals surface area contributed by atoms with Gasteiger partial charge in [0.2, 0.25) is 0 Å². The van der Waals surface area contributed by atoms with Gasteiger partial charge in [-0.05, 0) is 31.0 Å². The Hall–Kier alpha value is -1.07. The summed E-state index contributed by atoms with van der Waals surface area (Å²) in [5.41, 5.74) is 0.579. The summed E-state index contributed by atoms with van der Waals surface area (Å²) in [7, 11) is -3.35. The minimum absolute atomic E-state index is 0.151. The molecule has 0 unspecified atom stereocenters. The lowest BCUT2D eigenvalue weighted by molar-refractivity contribution is -0.143. The topological polar surface area (TPSA) is 60.4 Å². The van der Waals surface area contributed by atoms with Crippen LogP contribution >= 0.6 is 11.6 Å². The van der Waals surface area contributed by atoms with Crippen molar-refractivity contribution in [3.8, 4) is 0 Å². The van der Waals surface area contributed by atoms with Crippen molar-refractivity contribution in [2.45, 2.75) is 24.7 Å². The Balaban J connectivity index is 2.93. The van der Waals surface area contributed by atoms with E-state index in [1.165, 1.54) is 6.07 Å². The lowest BCUT2D eigenvalue weighted by atomic mass is 10.1. The molecule has 0 N–H and O–H groups in total. The second-order valence-electron chi connectivity index (χ2n) is 3.83. The van der Waals surface area contributed by atoms with E-state index in [9.17, 15) is 13.2 Å². The van der Waals surface area contributed by atoms with Crippen LogP contribution in [0, 0.1) is 0 Å². The highest BCUT2D eigenvalue weighted by Crippen LogP contribution is 2.22. The number of ether oxygens (including phenoxy) is 1. The molecule has 0 aliphatic carbocycles. The molecule has 1 rings (SSSR count). The number of rotatable bonds is 5. The van der Waals surface area contributed by atoms with Crippen LogP contribution in [0.4, 0.5) is 0 Å². The molecule has 0 saturated carbocycles. The zero-order valence-electron chi connectivity index (χ0n) is 10.3. The van der Waals surface area contributed by atoms with Gasteiger partial charge in [0.05, 0.1) is 11.5 Å². The number of benzene rings is 1. The van der Waals surface area contributed by atoms with E-state index in [0.29, 0.717) is 23.6 Å². The maximum atomic E-state index is 11.6. The first-order valence-electron chi connectivity index (χ1n) is 5.48. The predicted octanol–water partition coefficient (Wildman–Crippen LogP) is 2.24. The van der Waals surface area contributed by atoms with Crippen LogP contribution in [0.3, 0.4) is 0 Å². The van der Waals surface area contributed by atoms with Gasteiger partial charge >= 0.3 is 5.97 Å². The smallest absolute Gasteiger partial charge is 0.306 e. The van der Waals surface area contributed by atoms with Gasteiger partial charge < -0.3 is 4.74 Å². The number of esters is 1. The van der Waals surface area contributed by atoms with Crippen LogP contribution < -0.4 is 0 Å². The van der Waals surface area contributed by atoms with E-state index in [2.05, 4.69) is 0 Å². The molecule has 1 aromatic carbocycles. The van der Waals surface area contributed by atoms with Crippen molar-refractivity contribution in [3.63, 3.8) is 0 Å². The largest absolute Gasteiger partial charge is 0.466 e. The monoisotopic (exact) mass is 290 g/mol. The van der Waals surface area contributed by atoms with Gasteiger partial charge in [0.15, 0.2) is 9.84 Å². The molecule has 18 heavy (non-hydrogen) atoms. The highest BCUT2D eigenvalue weighted by molar-refractivity contribution is 7.90. The first-order valence-corrected chi connectivity index (χ1v) is 7.75. The van der Waals surface area contributed by atoms with Crippen LogP contribution in [0.25, 0.3) is 0 Å². The Labute approximate surface area is 112 Å². The minimum Gasteiger partial charge on any atom is -0.466 e. The summed E-state index contributed by atoms with van der Waals surface area (Å²) in [4.78, 5) is 11.4. The van der Waals surface area contributed by atoms with Gasteiger partial charge in [-0.25, -0.2) is 8.42 Å². The molecule has 0 aliphatic rings. The number of sulfone groups is 1. The highest BCUT2D eigenvalue weighted by Gasteiger charge is 2.15. The Morgan fingerprint density at radius 3 is 2.61 bits per heavy atom. The average molecular weight is 291 g/mol. The molecular formula is C12H15ClO4S. The molecule has 100 valence electrons. The molecule has 0 saturated heterocycles. The number of halogens is 1. The van der Waals surface area contributed by atoms with Crippen LogP contribution in [0.2, 0.25) is 5.02 Å². The second-order valence-corrected chi connectivity index (χ2v) is 6.25. The molecule has 0 bridgehead atoms. The predicted molar refractivity (Wildman–Crippen MR) is 69.5 cm³/mol. The van der Waals surface area contributed by atoms with Gasteiger partial charge in [0.25, 0.3) is 0 Å². The maximum absolute atomic E-state index is 11.6. The normalized spacial score (nSPS) is 11.3. The van der Waals surface area contributed by atoms with E-state index < -0.39 is 9.84 Å². The van der Waals surface area contributed by atoms with Crippen molar-refractivity contribution in [3.05, 3.63) is 28.8 Å². The molecule has 6 heteroatoms. The summed E-state index contributed by atoms with van der Waals surface area (Å²) in [6.07, 6.45) is 1.59. The molecule has 1 aromatic rings. The van der Waals surface area contributed by atoms with Gasteiger partial charge in [0.1, 0.15) is 0 Å². The zero-order valence-corrected chi connectivity index (χ0v) is 11.8. The fourth-order valence-electron chi connectivity index (χ4n) is 1.55. The Morgan fingerprint density at radius 2 is 2.06 bits per heavy atom. The van der Waals surface area contributed by atoms with E-state index >= 15 is 0 Å². The molecular weight excluding hydrogens is 276 g/mol. The van der Waals surface area contributed by atoms with Crippen LogP contribution in [0.1, 0.15) is 18.9 Å². The summed E-state index contributed by atoms with van der Waals surface area (Å²) in [6, 6.07) is 4.63. The molecule has 0 spiro atoms. The first-order chi connectivity index (χ1) is 8.34. The summed E-state index contributed by atoms with van der Waals surface area (Å²) in [5, 5.41) is 0.357. The van der Waals surface area contributed by atoms with Crippen molar-refractivity contribution in [2.24, 2.45) is 0 Å². The van der Waals surface area contributed by atoms with Crippen molar-refractivity contribution >= 4 is 27.4 Å². The quantitative estimate of drug-likeness (QED) is 0.780. The standard InChI is InChI=1S/C12H15ClO4S/c1-3-17-12(14)7-5-9-4-6-10(13)8-11(9)18(2,15)16/h4,6,8H,3,5,7H2,1-2H3. The van der Waals surface area contributed by atoms with Crippen LogP contribution in [-0.4, -0.2) is 27.2 Å². The van der Waals surface area contributed by atoms with E-state index in [1.807, 2.05) is 0 Å². The fraction of sp³-hybridized carbons (Fsp3) is 0.417. The third-order valence-corrected chi connectivity index (χ3v) is 3.75. The van der Waals surface area contributed by atoms with Crippen molar-refractivity contribution < 1.29 is 17.9 Å². The molecule has 0 radical (unpaired) electrons. The third-order valence-electron chi connectivity index (χ3n) is 2.33. The summed E-state index contributed by atoms with van der Waals surface area (Å²) < 4.78 is 28.0. The van der Waals surface area contributed by atoms with E-state index in [1.54, 1.807) is 19.1 Å². The van der Waals surface area contributed by atoms with E-state index in [4.69, 9.17) is 16.3 Å². The third kappa shape index (κ3) is 4.31. The Kier molecular flexibility index (Phi) is 5.16. The number of hydrogen-bond acceptors (Lipinski definition) is 4. The van der Waals surface area contributed by atoms with Gasteiger partial charge in [-0.1, -0.05) is 17.7 Å². The molecule has 0 aromatic heterocycles. The molecule has 0 fully saturated rings. The first kappa shape index (κ1) is 15.0. The number of carbonyl (C=O) groups excluding carboxylic acids is 1. The van der Waals surface area contributed by atoms with Crippen LogP contribution in [-0.2, 0) is 25.8 Å². The van der Waals surface area contributed by atoms with E-state index in [0.717, 1.165) is 6.26 Å². The van der Waals surface area contributed by atoms with Gasteiger partial charge in [-0.15, -0.1) is 0 Å². The Bertz CT molecular complexity index is 537.